The zero-order valence-corrected chi connectivity index (χ0v) is 20.8. The predicted molar refractivity (Wildman–Crippen MR) is 139 cm³/mol. The Hall–Kier alpha value is -3.11. The van der Waals surface area contributed by atoms with Crippen LogP contribution in [0.2, 0.25) is 0 Å². The van der Waals surface area contributed by atoms with Crippen molar-refractivity contribution in [1.82, 2.24) is 30.0 Å². The number of rotatable bonds is 4. The number of thiazole rings is 1. The van der Waals surface area contributed by atoms with Crippen molar-refractivity contribution in [1.29, 1.82) is 0 Å². The second-order valence-electron chi connectivity index (χ2n) is 10.2. The number of hydrogen-bond donors (Lipinski definition) is 2. The lowest BCUT2D eigenvalue weighted by molar-refractivity contribution is -0.0211. The lowest BCUT2D eigenvalue weighted by Crippen LogP contribution is -2.32. The molecule has 1 atom stereocenters. The van der Waals surface area contributed by atoms with Crippen LogP contribution in [0, 0.1) is 0 Å². The monoisotopic (exact) mass is 498 g/mol. The fraction of sp³-hybridized carbons (Fsp3) is 0.370. The van der Waals surface area contributed by atoms with Crippen molar-refractivity contribution < 1.29 is 9.47 Å². The Morgan fingerprint density at radius 2 is 2.17 bits per heavy atom. The summed E-state index contributed by atoms with van der Waals surface area (Å²) in [4.78, 5) is 14.0. The van der Waals surface area contributed by atoms with E-state index in [0.29, 0.717) is 18.8 Å². The molecule has 4 aromatic heterocycles. The quantitative estimate of drug-likeness (QED) is 0.371. The molecule has 5 aromatic rings. The molecule has 2 N–H and O–H groups in total. The molecule has 1 aromatic carbocycles. The summed E-state index contributed by atoms with van der Waals surface area (Å²) in [5.74, 6) is 0. The van der Waals surface area contributed by atoms with Gasteiger partial charge in [-0.1, -0.05) is 6.07 Å². The van der Waals surface area contributed by atoms with Gasteiger partial charge in [-0.25, -0.2) is 4.98 Å². The highest BCUT2D eigenvalue weighted by Crippen LogP contribution is 2.49. The lowest BCUT2D eigenvalue weighted by atomic mass is 9.87. The number of nitrogens with zero attached hydrogens (tertiary/aromatic N) is 4. The number of pyridine rings is 1. The number of ether oxygens (including phenoxy) is 2. The molecule has 3 aliphatic rings. The first kappa shape index (κ1) is 21.0. The molecule has 36 heavy (non-hydrogen) atoms. The van der Waals surface area contributed by atoms with Crippen LogP contribution in [0.4, 0.5) is 0 Å². The Morgan fingerprint density at radius 1 is 1.22 bits per heavy atom. The van der Waals surface area contributed by atoms with Crippen LogP contribution < -0.4 is 5.32 Å². The van der Waals surface area contributed by atoms with Gasteiger partial charge in [-0.15, -0.1) is 11.3 Å². The van der Waals surface area contributed by atoms with Crippen LogP contribution in [-0.4, -0.2) is 51.0 Å². The molecule has 8 rings (SSSR count). The van der Waals surface area contributed by atoms with E-state index in [-0.39, 0.29) is 5.60 Å². The fourth-order valence-corrected chi connectivity index (χ4v) is 6.99. The van der Waals surface area contributed by atoms with Crippen molar-refractivity contribution in [2.45, 2.75) is 43.6 Å². The molecule has 6 heterocycles. The number of aromatic nitrogens is 5. The zero-order chi connectivity index (χ0) is 23.9. The molecule has 1 saturated carbocycles. The van der Waals surface area contributed by atoms with E-state index in [1.54, 1.807) is 18.4 Å². The number of hydrogen-bond acceptors (Lipinski definition) is 7. The van der Waals surface area contributed by atoms with Gasteiger partial charge in [0.25, 0.3) is 0 Å². The summed E-state index contributed by atoms with van der Waals surface area (Å²) in [6, 6.07) is 7.12. The first-order valence-electron chi connectivity index (χ1n) is 12.5. The van der Waals surface area contributed by atoms with Crippen LogP contribution in [0.25, 0.3) is 43.6 Å². The van der Waals surface area contributed by atoms with Crippen LogP contribution in [0.15, 0.2) is 42.3 Å². The minimum atomic E-state index is -0.296. The zero-order valence-electron chi connectivity index (χ0n) is 20.0. The Bertz CT molecular complexity index is 1610. The largest absolute Gasteiger partial charge is 0.381 e. The summed E-state index contributed by atoms with van der Waals surface area (Å²) in [6.45, 7) is 2.40. The molecule has 0 radical (unpaired) electrons. The SMILES string of the molecule is COC1CC(n2ncc3cc(-c4c(-c5cncs5)[nH]c5ncc6c(c45)C4(CCNC4)OC6)ccc32)C1. The molecular formula is C27H26N6O2S. The number of benzene rings is 1. The standard InChI is InChI=1S/C27H26N6O2S/c1-34-19-7-18(8-19)33-20-3-2-15(6-16(20)10-31-33)22-23-24-17(12-35-27(24)4-5-28-13-27)9-30-26(23)32-25(22)21-11-29-14-36-21/h2-3,6,9-11,14,18-19,28H,4-5,7-8,12-13H2,1H3,(H,30,32). The smallest absolute Gasteiger partial charge is 0.138 e. The molecule has 2 fully saturated rings. The molecule has 1 spiro atoms. The number of methoxy groups -OCH3 is 1. The molecule has 1 aliphatic carbocycles. The van der Waals surface area contributed by atoms with E-state index in [0.717, 1.165) is 59.5 Å². The van der Waals surface area contributed by atoms with Gasteiger partial charge >= 0.3 is 0 Å². The highest BCUT2D eigenvalue weighted by Gasteiger charge is 2.45. The molecule has 0 bridgehead atoms. The van der Waals surface area contributed by atoms with Crippen molar-refractivity contribution in [3.8, 4) is 21.7 Å². The first-order valence-corrected chi connectivity index (χ1v) is 13.4. The van der Waals surface area contributed by atoms with Crippen molar-refractivity contribution in [3.05, 3.63) is 53.4 Å². The highest BCUT2D eigenvalue weighted by molar-refractivity contribution is 7.13. The van der Waals surface area contributed by atoms with Crippen LogP contribution in [0.1, 0.15) is 36.4 Å². The lowest BCUT2D eigenvalue weighted by Gasteiger charge is -2.34. The Morgan fingerprint density at radius 3 is 2.97 bits per heavy atom. The third-order valence-electron chi connectivity index (χ3n) is 8.29. The van der Waals surface area contributed by atoms with E-state index in [2.05, 4.69) is 38.2 Å². The van der Waals surface area contributed by atoms with Crippen LogP contribution in [-0.2, 0) is 21.7 Å². The molecule has 8 nitrogen and oxygen atoms in total. The van der Waals surface area contributed by atoms with E-state index >= 15 is 0 Å². The molecule has 2 aliphatic heterocycles. The van der Waals surface area contributed by atoms with E-state index in [4.69, 9.17) is 19.6 Å². The van der Waals surface area contributed by atoms with Gasteiger partial charge in [0.05, 0.1) is 46.5 Å². The third-order valence-corrected chi connectivity index (χ3v) is 9.08. The van der Waals surface area contributed by atoms with Crippen LogP contribution in [0.3, 0.4) is 0 Å². The minimum absolute atomic E-state index is 0.296. The van der Waals surface area contributed by atoms with Gasteiger partial charge in [0.15, 0.2) is 0 Å². The molecule has 182 valence electrons. The van der Waals surface area contributed by atoms with E-state index in [9.17, 15) is 0 Å². The summed E-state index contributed by atoms with van der Waals surface area (Å²) in [6.07, 6.45) is 9.25. The van der Waals surface area contributed by atoms with Gasteiger partial charge in [0.1, 0.15) is 11.2 Å². The van der Waals surface area contributed by atoms with Gasteiger partial charge in [0, 0.05) is 53.5 Å². The second-order valence-corrected chi connectivity index (χ2v) is 11.1. The number of nitrogens with one attached hydrogen (secondary N) is 2. The van der Waals surface area contributed by atoms with Crippen LogP contribution in [0.5, 0.6) is 0 Å². The van der Waals surface area contributed by atoms with Gasteiger partial charge in [-0.2, -0.15) is 5.10 Å². The van der Waals surface area contributed by atoms with E-state index in [1.807, 2.05) is 24.1 Å². The molecule has 9 heteroatoms. The topological polar surface area (TPSA) is 89.9 Å². The maximum Gasteiger partial charge on any atom is 0.138 e. The molecule has 0 amide bonds. The summed E-state index contributed by atoms with van der Waals surface area (Å²) in [7, 11) is 1.79. The fourth-order valence-electron chi connectivity index (χ4n) is 6.36. The van der Waals surface area contributed by atoms with Crippen molar-refractivity contribution in [2.75, 3.05) is 20.2 Å². The van der Waals surface area contributed by atoms with Crippen molar-refractivity contribution >= 4 is 33.3 Å². The van der Waals surface area contributed by atoms with Crippen molar-refractivity contribution in [2.24, 2.45) is 0 Å². The maximum absolute atomic E-state index is 6.46. The Labute approximate surface area is 211 Å². The minimum Gasteiger partial charge on any atom is -0.381 e. The van der Waals surface area contributed by atoms with Gasteiger partial charge in [0.2, 0.25) is 0 Å². The first-order chi connectivity index (χ1) is 17.7. The third kappa shape index (κ3) is 2.88. The Balaban J connectivity index is 1.35. The van der Waals surface area contributed by atoms with Gasteiger partial charge < -0.3 is 19.8 Å². The van der Waals surface area contributed by atoms with Gasteiger partial charge in [-0.3, -0.25) is 9.67 Å². The maximum atomic E-state index is 6.46. The number of fused-ring (bicyclic) bond motifs is 5. The summed E-state index contributed by atoms with van der Waals surface area (Å²) in [5.41, 5.74) is 9.53. The number of H-pyrrole nitrogens is 1. The second kappa shape index (κ2) is 7.69. The van der Waals surface area contributed by atoms with Crippen molar-refractivity contribution in [3.63, 3.8) is 0 Å². The average molecular weight is 499 g/mol. The Kier molecular flexibility index (Phi) is 4.49. The van der Waals surface area contributed by atoms with Gasteiger partial charge in [-0.05, 0) is 43.5 Å². The average Bonchev–Trinajstić information content (AvgIpc) is 3.69. The van der Waals surface area contributed by atoms with Crippen LogP contribution >= 0.6 is 11.3 Å². The summed E-state index contributed by atoms with van der Waals surface area (Å²) in [5, 5.41) is 10.6. The molecule has 1 saturated heterocycles. The van der Waals surface area contributed by atoms with E-state index in [1.165, 1.54) is 27.6 Å². The number of aromatic amines is 1. The summed E-state index contributed by atoms with van der Waals surface area (Å²) >= 11 is 1.64. The summed E-state index contributed by atoms with van der Waals surface area (Å²) < 4.78 is 14.1. The normalized spacial score (nSPS) is 25.2. The molecule has 1 unspecified atom stereocenters. The molecular weight excluding hydrogens is 472 g/mol. The van der Waals surface area contributed by atoms with E-state index < -0.39 is 0 Å². The highest BCUT2D eigenvalue weighted by atomic mass is 32.1. The predicted octanol–water partition coefficient (Wildman–Crippen LogP) is 4.77.